The Morgan fingerprint density at radius 2 is 1.88 bits per heavy atom. The molecule has 5 atom stereocenters. The smallest absolute Gasteiger partial charge is 0.246 e. The summed E-state index contributed by atoms with van der Waals surface area (Å²) in [5, 5.41) is 23.2. The van der Waals surface area contributed by atoms with Crippen LogP contribution in [0.3, 0.4) is 0 Å². The zero-order valence-electron chi connectivity index (χ0n) is 19.0. The van der Waals surface area contributed by atoms with Crippen molar-refractivity contribution in [2.75, 3.05) is 37.0 Å². The average Bonchev–Trinajstić information content (AvgIpc) is 3.16. The van der Waals surface area contributed by atoms with Crippen LogP contribution in [0.1, 0.15) is 30.4 Å². The second kappa shape index (κ2) is 6.21. The average molecular weight is 448 g/mol. The molecule has 2 fully saturated rings. The van der Waals surface area contributed by atoms with E-state index in [-0.39, 0.29) is 36.4 Å². The maximum Gasteiger partial charge on any atom is 0.246 e. The van der Waals surface area contributed by atoms with E-state index in [1.807, 2.05) is 31.3 Å². The fourth-order valence-corrected chi connectivity index (χ4v) is 7.80. The van der Waals surface area contributed by atoms with Crippen LogP contribution in [0.2, 0.25) is 0 Å². The molecule has 2 aromatic rings. The molecule has 7 heteroatoms. The maximum atomic E-state index is 13.0. The van der Waals surface area contributed by atoms with Crippen molar-refractivity contribution < 1.29 is 19.7 Å². The number of nitrogens with zero attached hydrogens (tertiary/aromatic N) is 3. The van der Waals surface area contributed by atoms with Crippen molar-refractivity contribution in [3.63, 3.8) is 0 Å². The van der Waals surface area contributed by atoms with Gasteiger partial charge in [0.2, 0.25) is 5.91 Å². The van der Waals surface area contributed by atoms with E-state index in [2.05, 4.69) is 22.9 Å². The van der Waals surface area contributed by atoms with Gasteiger partial charge in [0, 0.05) is 18.7 Å². The van der Waals surface area contributed by atoms with E-state index in [9.17, 15) is 15.0 Å². The minimum absolute atomic E-state index is 0.0164. The van der Waals surface area contributed by atoms with Crippen LogP contribution in [-0.4, -0.2) is 72.0 Å². The number of amides is 1. The molecule has 7 rings (SSSR count). The summed E-state index contributed by atoms with van der Waals surface area (Å²) in [7, 11) is 3.93. The summed E-state index contributed by atoms with van der Waals surface area (Å²) in [5.74, 6) is 0.737. The van der Waals surface area contributed by atoms with Gasteiger partial charge in [-0.15, -0.1) is 0 Å². The number of hydrogen-bond donors (Lipinski definition) is 2. The number of likely N-dealkylation sites (N-methyl/N-ethyl adjacent to an activating group) is 2. The molecule has 1 saturated carbocycles. The Morgan fingerprint density at radius 3 is 2.70 bits per heavy atom. The van der Waals surface area contributed by atoms with E-state index in [0.29, 0.717) is 12.2 Å². The Hall–Kier alpha value is -2.77. The minimum Gasteiger partial charge on any atom is -0.504 e. The molecule has 3 aliphatic heterocycles. The first-order valence-corrected chi connectivity index (χ1v) is 11.9. The fourth-order valence-electron chi connectivity index (χ4n) is 7.80. The molecular weight excluding hydrogens is 418 g/mol. The zero-order chi connectivity index (χ0) is 22.7. The third-order valence-corrected chi connectivity index (χ3v) is 9.33. The third-order valence-electron chi connectivity index (χ3n) is 9.33. The number of anilines is 2. The molecule has 7 nitrogen and oxygen atoms in total. The normalized spacial score (nSPS) is 36.3. The van der Waals surface area contributed by atoms with Crippen LogP contribution < -0.4 is 14.5 Å². The number of ether oxygens (including phenoxy) is 1. The summed E-state index contributed by atoms with van der Waals surface area (Å²) in [6.07, 6.45) is 2.56. The monoisotopic (exact) mass is 447 g/mol. The highest BCUT2D eigenvalue weighted by Crippen LogP contribution is 2.66. The van der Waals surface area contributed by atoms with Gasteiger partial charge in [-0.1, -0.05) is 18.2 Å². The van der Waals surface area contributed by atoms with Gasteiger partial charge in [0.05, 0.1) is 35.0 Å². The van der Waals surface area contributed by atoms with Crippen LogP contribution in [0.4, 0.5) is 11.4 Å². The Morgan fingerprint density at radius 1 is 1.09 bits per heavy atom. The Balaban J connectivity index is 1.42. The summed E-state index contributed by atoms with van der Waals surface area (Å²) in [6, 6.07) is 11.7. The van der Waals surface area contributed by atoms with Crippen molar-refractivity contribution in [1.29, 1.82) is 0 Å². The predicted octanol–water partition coefficient (Wildman–Crippen LogP) is 2.03. The highest BCUT2D eigenvalue weighted by molar-refractivity contribution is 6.03. The van der Waals surface area contributed by atoms with E-state index in [1.165, 1.54) is 5.56 Å². The molecule has 0 unspecified atom stereocenters. The summed E-state index contributed by atoms with van der Waals surface area (Å²) in [4.78, 5) is 19.2. The number of carbonyl (C=O) groups excluding carboxylic acids is 1. The topological polar surface area (TPSA) is 76.5 Å². The van der Waals surface area contributed by atoms with Gasteiger partial charge in [-0.3, -0.25) is 4.79 Å². The quantitative estimate of drug-likeness (QED) is 0.697. The number of carbonyl (C=O) groups is 1. The van der Waals surface area contributed by atoms with E-state index >= 15 is 0 Å². The lowest BCUT2D eigenvalue weighted by Crippen LogP contribution is -2.78. The van der Waals surface area contributed by atoms with Crippen LogP contribution in [0.15, 0.2) is 36.4 Å². The standard InChI is InChI=1S/C26H29N3O4/c1-27-12-11-25-22-15-7-8-19(30)23(22)33-24(25)18(9-10-26(25,32)20(27)13-15)29-14-21(31)28(2)16-5-3-4-6-17(16)29/h3-8,18,20,24,30,32H,9-14H2,1-2H3/t18-,20+,24+,25+,26-/m1/s1. The van der Waals surface area contributed by atoms with Crippen LogP contribution in [-0.2, 0) is 16.6 Å². The number of piperidine rings is 1. The molecule has 2 bridgehead atoms. The highest BCUT2D eigenvalue weighted by atomic mass is 16.5. The molecule has 2 aliphatic carbocycles. The van der Waals surface area contributed by atoms with Gasteiger partial charge >= 0.3 is 0 Å². The number of hydrogen-bond acceptors (Lipinski definition) is 6. The van der Waals surface area contributed by atoms with E-state index < -0.39 is 11.0 Å². The molecule has 1 spiro atoms. The number of benzene rings is 2. The van der Waals surface area contributed by atoms with Gasteiger partial charge in [-0.25, -0.2) is 0 Å². The van der Waals surface area contributed by atoms with Crippen LogP contribution >= 0.6 is 0 Å². The molecule has 0 aromatic heterocycles. The Labute approximate surface area is 193 Å². The number of aliphatic hydroxyl groups is 1. The summed E-state index contributed by atoms with van der Waals surface area (Å²) in [6.45, 7) is 1.15. The minimum atomic E-state index is -0.927. The predicted molar refractivity (Wildman–Crippen MR) is 124 cm³/mol. The van der Waals surface area contributed by atoms with Crippen molar-refractivity contribution >= 4 is 17.3 Å². The first-order valence-electron chi connectivity index (χ1n) is 11.9. The zero-order valence-corrected chi connectivity index (χ0v) is 19.0. The Bertz CT molecular complexity index is 1200. The summed E-state index contributed by atoms with van der Waals surface area (Å²) in [5.41, 5.74) is 2.59. The number of likely N-dealkylation sites (tertiary alicyclic amines) is 1. The lowest BCUT2D eigenvalue weighted by Gasteiger charge is -2.64. The van der Waals surface area contributed by atoms with E-state index in [4.69, 9.17) is 4.74 Å². The van der Waals surface area contributed by atoms with E-state index in [1.54, 1.807) is 11.0 Å². The SMILES string of the molecule is CN1C(=O)CN([C@@H]2CC[C@@]3(O)[C@@H]4Cc5ccc(O)c6c5[C@@]3(CCN4C)[C@H]2O6)c2ccccc21. The number of para-hydroxylation sites is 2. The molecule has 1 amide bonds. The molecule has 5 aliphatic rings. The third kappa shape index (κ3) is 2.16. The number of fused-ring (bicyclic) bond motifs is 1. The number of phenolic OH excluding ortho intramolecular Hbond substituents is 1. The number of rotatable bonds is 1. The molecule has 3 heterocycles. The highest BCUT2D eigenvalue weighted by Gasteiger charge is 2.73. The van der Waals surface area contributed by atoms with Gasteiger partial charge in [0.15, 0.2) is 11.5 Å². The van der Waals surface area contributed by atoms with Crippen molar-refractivity contribution in [1.82, 2.24) is 4.90 Å². The molecular formula is C26H29N3O4. The maximum absolute atomic E-state index is 13.0. The Kier molecular flexibility index (Phi) is 3.70. The molecule has 0 radical (unpaired) electrons. The summed E-state index contributed by atoms with van der Waals surface area (Å²) < 4.78 is 6.66. The van der Waals surface area contributed by atoms with Gasteiger partial charge in [0.1, 0.15) is 6.10 Å². The van der Waals surface area contributed by atoms with Crippen molar-refractivity contribution in [2.24, 2.45) is 0 Å². The number of phenols is 1. The molecule has 33 heavy (non-hydrogen) atoms. The van der Waals surface area contributed by atoms with Crippen LogP contribution in [0, 0.1) is 0 Å². The van der Waals surface area contributed by atoms with Crippen molar-refractivity contribution in [3.05, 3.63) is 47.5 Å². The largest absolute Gasteiger partial charge is 0.504 e. The van der Waals surface area contributed by atoms with E-state index in [0.717, 1.165) is 42.7 Å². The lowest BCUT2D eigenvalue weighted by molar-refractivity contribution is -0.184. The summed E-state index contributed by atoms with van der Waals surface area (Å²) >= 11 is 0. The first kappa shape index (κ1) is 19.7. The molecule has 2 N–H and O–H groups in total. The molecule has 172 valence electrons. The van der Waals surface area contributed by atoms with Crippen molar-refractivity contribution in [3.8, 4) is 11.5 Å². The second-order valence-electron chi connectivity index (χ2n) is 10.5. The molecule has 2 aromatic carbocycles. The lowest BCUT2D eigenvalue weighted by atomic mass is 9.48. The van der Waals surface area contributed by atoms with Crippen LogP contribution in [0.25, 0.3) is 0 Å². The van der Waals surface area contributed by atoms with Gasteiger partial charge in [-0.05, 0) is 63.0 Å². The first-order chi connectivity index (χ1) is 15.9. The second-order valence-corrected chi connectivity index (χ2v) is 10.5. The van der Waals surface area contributed by atoms with Gasteiger partial charge < -0.3 is 29.6 Å². The van der Waals surface area contributed by atoms with Gasteiger partial charge in [0.25, 0.3) is 0 Å². The molecule has 1 saturated heterocycles. The van der Waals surface area contributed by atoms with Crippen molar-refractivity contribution in [2.45, 2.75) is 54.9 Å². The number of aromatic hydroxyl groups is 1. The van der Waals surface area contributed by atoms with Crippen LogP contribution in [0.5, 0.6) is 11.5 Å². The van der Waals surface area contributed by atoms with Gasteiger partial charge in [-0.2, -0.15) is 0 Å². The fraction of sp³-hybridized carbons (Fsp3) is 0.500.